The summed E-state index contributed by atoms with van der Waals surface area (Å²) in [5, 5.41) is 13.0. The average molecular weight is 241 g/mol. The number of nitro groups is 1. The Kier molecular flexibility index (Phi) is 4.11. The Labute approximate surface area is 97.2 Å². The van der Waals surface area contributed by atoms with Crippen LogP contribution in [0.3, 0.4) is 0 Å². The summed E-state index contributed by atoms with van der Waals surface area (Å²) in [5.41, 5.74) is -0.472. The van der Waals surface area contributed by atoms with Gasteiger partial charge < -0.3 is 10.2 Å². The molecule has 6 nitrogen and oxygen atoms in total. The van der Waals surface area contributed by atoms with E-state index in [2.05, 4.69) is 5.32 Å². The molecule has 0 saturated carbocycles. The van der Waals surface area contributed by atoms with Gasteiger partial charge in [-0.3, -0.25) is 14.9 Å². The SMILES string of the molecule is CN(C)CC(=O)Nc1cc(F)ccc1[N+](=O)[O-]. The summed E-state index contributed by atoms with van der Waals surface area (Å²) in [6.07, 6.45) is 0. The van der Waals surface area contributed by atoms with Crippen LogP contribution in [0, 0.1) is 15.9 Å². The topological polar surface area (TPSA) is 75.5 Å². The van der Waals surface area contributed by atoms with Gasteiger partial charge >= 0.3 is 0 Å². The van der Waals surface area contributed by atoms with E-state index in [1.807, 2.05) is 0 Å². The van der Waals surface area contributed by atoms with E-state index in [9.17, 15) is 19.3 Å². The number of carbonyl (C=O) groups is 1. The molecule has 0 spiro atoms. The van der Waals surface area contributed by atoms with E-state index in [0.717, 1.165) is 18.2 Å². The number of anilines is 1. The molecule has 0 aliphatic carbocycles. The standard InChI is InChI=1S/C10H12FN3O3/c1-13(2)6-10(15)12-8-5-7(11)3-4-9(8)14(16)17/h3-5H,6H2,1-2H3,(H,12,15). The fourth-order valence-electron chi connectivity index (χ4n) is 1.24. The number of benzene rings is 1. The minimum Gasteiger partial charge on any atom is -0.319 e. The van der Waals surface area contributed by atoms with Gasteiger partial charge in [-0.15, -0.1) is 0 Å². The first-order valence-corrected chi connectivity index (χ1v) is 4.78. The van der Waals surface area contributed by atoms with Crippen LogP contribution in [0.2, 0.25) is 0 Å². The maximum absolute atomic E-state index is 12.9. The predicted octanol–water partition coefficient (Wildman–Crippen LogP) is 1.23. The van der Waals surface area contributed by atoms with Crippen LogP contribution < -0.4 is 5.32 Å². The van der Waals surface area contributed by atoms with Crippen LogP contribution in [0.25, 0.3) is 0 Å². The Bertz CT molecular complexity index is 448. The number of nitro benzene ring substituents is 1. The number of rotatable bonds is 4. The van der Waals surface area contributed by atoms with Crippen LogP contribution in [-0.2, 0) is 4.79 Å². The number of halogens is 1. The molecule has 7 heteroatoms. The maximum Gasteiger partial charge on any atom is 0.292 e. The molecule has 1 aromatic carbocycles. The van der Waals surface area contributed by atoms with Gasteiger partial charge in [-0.2, -0.15) is 0 Å². The minimum absolute atomic E-state index is 0.0632. The summed E-state index contributed by atoms with van der Waals surface area (Å²) in [4.78, 5) is 23.0. The summed E-state index contributed by atoms with van der Waals surface area (Å²) < 4.78 is 12.9. The zero-order valence-electron chi connectivity index (χ0n) is 9.44. The summed E-state index contributed by atoms with van der Waals surface area (Å²) in [6.45, 7) is 0.0632. The second-order valence-electron chi connectivity index (χ2n) is 3.70. The lowest BCUT2D eigenvalue weighted by molar-refractivity contribution is -0.384. The normalized spacial score (nSPS) is 10.4. The number of likely N-dealkylation sites (N-methyl/N-ethyl adjacent to an activating group) is 1. The molecule has 0 fully saturated rings. The Hall–Kier alpha value is -2.02. The molecule has 1 rings (SSSR count). The molecule has 1 N–H and O–H groups in total. The summed E-state index contributed by atoms with van der Waals surface area (Å²) in [5.74, 6) is -1.08. The molecule has 17 heavy (non-hydrogen) atoms. The maximum atomic E-state index is 12.9. The monoisotopic (exact) mass is 241 g/mol. The smallest absolute Gasteiger partial charge is 0.292 e. The van der Waals surface area contributed by atoms with E-state index in [1.54, 1.807) is 19.0 Å². The van der Waals surface area contributed by atoms with E-state index in [0.29, 0.717) is 0 Å². The van der Waals surface area contributed by atoms with Crippen molar-refractivity contribution in [3.05, 3.63) is 34.1 Å². The van der Waals surface area contributed by atoms with Gasteiger partial charge in [0.2, 0.25) is 5.91 Å². The Morgan fingerprint density at radius 1 is 1.53 bits per heavy atom. The first-order chi connectivity index (χ1) is 7.90. The summed E-state index contributed by atoms with van der Waals surface area (Å²) in [6, 6.07) is 2.91. The van der Waals surface area contributed by atoms with Crippen molar-refractivity contribution in [3.63, 3.8) is 0 Å². The summed E-state index contributed by atoms with van der Waals surface area (Å²) in [7, 11) is 3.36. The average Bonchev–Trinajstić information content (AvgIpc) is 2.15. The highest BCUT2D eigenvalue weighted by atomic mass is 19.1. The van der Waals surface area contributed by atoms with Gasteiger partial charge in [-0.05, 0) is 20.2 Å². The number of hydrogen-bond acceptors (Lipinski definition) is 4. The molecule has 1 aromatic rings. The van der Waals surface area contributed by atoms with Crippen LogP contribution >= 0.6 is 0 Å². The molecule has 0 heterocycles. The zero-order valence-corrected chi connectivity index (χ0v) is 9.44. The molecule has 1 amide bonds. The van der Waals surface area contributed by atoms with Crippen molar-refractivity contribution < 1.29 is 14.1 Å². The zero-order chi connectivity index (χ0) is 13.0. The lowest BCUT2D eigenvalue weighted by Crippen LogP contribution is -2.27. The van der Waals surface area contributed by atoms with Gasteiger partial charge in [-0.25, -0.2) is 4.39 Å². The van der Waals surface area contributed by atoms with Crippen LogP contribution in [0.1, 0.15) is 0 Å². The van der Waals surface area contributed by atoms with Gasteiger partial charge in [0, 0.05) is 12.1 Å². The first kappa shape index (κ1) is 13.0. The van der Waals surface area contributed by atoms with E-state index < -0.39 is 16.6 Å². The van der Waals surface area contributed by atoms with Crippen molar-refractivity contribution in [2.45, 2.75) is 0 Å². The molecule has 0 saturated heterocycles. The van der Waals surface area contributed by atoms with Gasteiger partial charge in [0.1, 0.15) is 11.5 Å². The third kappa shape index (κ3) is 3.80. The van der Waals surface area contributed by atoms with Crippen LogP contribution in [0.4, 0.5) is 15.8 Å². The number of amides is 1. The van der Waals surface area contributed by atoms with E-state index >= 15 is 0 Å². The van der Waals surface area contributed by atoms with Crippen molar-refractivity contribution in [2.24, 2.45) is 0 Å². The van der Waals surface area contributed by atoms with Crippen molar-refractivity contribution in [1.82, 2.24) is 4.90 Å². The molecule has 0 bridgehead atoms. The molecule has 0 aliphatic rings. The first-order valence-electron chi connectivity index (χ1n) is 4.78. The Morgan fingerprint density at radius 3 is 2.71 bits per heavy atom. The molecule has 92 valence electrons. The fourth-order valence-corrected chi connectivity index (χ4v) is 1.24. The van der Waals surface area contributed by atoms with Crippen LogP contribution in [-0.4, -0.2) is 36.4 Å². The number of hydrogen-bond donors (Lipinski definition) is 1. The van der Waals surface area contributed by atoms with Crippen molar-refractivity contribution >= 4 is 17.3 Å². The Balaban J connectivity index is 2.92. The third-order valence-electron chi connectivity index (χ3n) is 1.89. The van der Waals surface area contributed by atoms with E-state index in [4.69, 9.17) is 0 Å². The van der Waals surface area contributed by atoms with Gasteiger partial charge in [0.15, 0.2) is 0 Å². The van der Waals surface area contributed by atoms with E-state index in [-0.39, 0.29) is 17.9 Å². The largest absolute Gasteiger partial charge is 0.319 e. The van der Waals surface area contributed by atoms with Crippen molar-refractivity contribution in [1.29, 1.82) is 0 Å². The number of nitrogens with one attached hydrogen (secondary N) is 1. The van der Waals surface area contributed by atoms with Gasteiger partial charge in [0.25, 0.3) is 5.69 Å². The van der Waals surface area contributed by atoms with Crippen LogP contribution in [0.5, 0.6) is 0 Å². The molecule has 0 aromatic heterocycles. The summed E-state index contributed by atoms with van der Waals surface area (Å²) >= 11 is 0. The third-order valence-corrected chi connectivity index (χ3v) is 1.89. The van der Waals surface area contributed by atoms with Gasteiger partial charge in [0.05, 0.1) is 11.5 Å². The highest BCUT2D eigenvalue weighted by Crippen LogP contribution is 2.24. The predicted molar refractivity (Wildman–Crippen MR) is 60.2 cm³/mol. The van der Waals surface area contributed by atoms with Gasteiger partial charge in [-0.1, -0.05) is 0 Å². The highest BCUT2D eigenvalue weighted by molar-refractivity contribution is 5.94. The number of nitrogens with zero attached hydrogens (tertiary/aromatic N) is 2. The molecule has 0 unspecified atom stereocenters. The molecular weight excluding hydrogens is 229 g/mol. The molecule has 0 atom stereocenters. The Morgan fingerprint density at radius 2 is 2.18 bits per heavy atom. The second kappa shape index (κ2) is 5.35. The van der Waals surface area contributed by atoms with Crippen molar-refractivity contribution in [3.8, 4) is 0 Å². The van der Waals surface area contributed by atoms with Crippen LogP contribution in [0.15, 0.2) is 18.2 Å². The lowest BCUT2D eigenvalue weighted by atomic mass is 10.2. The highest BCUT2D eigenvalue weighted by Gasteiger charge is 2.16. The second-order valence-corrected chi connectivity index (χ2v) is 3.70. The molecule has 0 radical (unpaired) electrons. The van der Waals surface area contributed by atoms with E-state index in [1.165, 1.54) is 0 Å². The quantitative estimate of drug-likeness (QED) is 0.635. The molecule has 0 aliphatic heterocycles. The lowest BCUT2D eigenvalue weighted by Gasteiger charge is -2.10. The molecular formula is C10H12FN3O3. The minimum atomic E-state index is -0.676. The van der Waals surface area contributed by atoms with Crippen molar-refractivity contribution in [2.75, 3.05) is 26.0 Å². The fraction of sp³-hybridized carbons (Fsp3) is 0.300. The number of carbonyl (C=O) groups excluding carboxylic acids is 1.